The van der Waals surface area contributed by atoms with Crippen LogP contribution in [-0.4, -0.2) is 26.1 Å². The van der Waals surface area contributed by atoms with E-state index in [1.54, 1.807) is 0 Å². The Morgan fingerprint density at radius 2 is 1.95 bits per heavy atom. The van der Waals surface area contributed by atoms with Crippen molar-refractivity contribution in [3.05, 3.63) is 46.8 Å². The zero-order valence-electron chi connectivity index (χ0n) is 10.0. The fraction of sp³-hybridized carbons (Fsp3) is 0.182. The molecule has 0 bridgehead atoms. The van der Waals surface area contributed by atoms with Crippen molar-refractivity contribution in [1.82, 2.24) is 15.0 Å². The number of hydrogen-bond donors (Lipinski definition) is 1. The first-order chi connectivity index (χ1) is 9.71. The zero-order valence-corrected chi connectivity index (χ0v) is 10.0. The van der Waals surface area contributed by atoms with Crippen LogP contribution < -0.4 is 0 Å². The van der Waals surface area contributed by atoms with Gasteiger partial charge < -0.3 is 5.11 Å². The predicted molar refractivity (Wildman–Crippen MR) is 57.4 cm³/mol. The zero-order chi connectivity index (χ0) is 15.8. The SMILES string of the molecule is O=C(O)c1nnn(Cc2cccc(F)c2F)c1C(F)(F)F. The number of nitrogens with zero attached hydrogens (tertiary/aromatic N) is 3. The van der Waals surface area contributed by atoms with E-state index in [2.05, 4.69) is 10.3 Å². The third kappa shape index (κ3) is 2.83. The van der Waals surface area contributed by atoms with Crippen LogP contribution in [0.2, 0.25) is 0 Å². The van der Waals surface area contributed by atoms with E-state index in [-0.39, 0.29) is 4.68 Å². The van der Waals surface area contributed by atoms with Crippen LogP contribution in [-0.2, 0) is 12.7 Å². The van der Waals surface area contributed by atoms with E-state index in [0.717, 1.165) is 18.2 Å². The Bertz CT molecular complexity index is 696. The minimum Gasteiger partial charge on any atom is -0.476 e. The van der Waals surface area contributed by atoms with Crippen molar-refractivity contribution in [2.75, 3.05) is 0 Å². The third-order valence-electron chi connectivity index (χ3n) is 2.56. The summed E-state index contributed by atoms with van der Waals surface area (Å²) in [6, 6.07) is 2.96. The molecule has 0 saturated carbocycles. The van der Waals surface area contributed by atoms with E-state index in [0.29, 0.717) is 0 Å². The Kier molecular flexibility index (Phi) is 3.62. The maximum Gasteiger partial charge on any atom is 0.435 e. The molecule has 0 amide bonds. The average Bonchev–Trinajstić information content (AvgIpc) is 2.79. The van der Waals surface area contributed by atoms with Crippen LogP contribution in [0.25, 0.3) is 0 Å². The highest BCUT2D eigenvalue weighted by molar-refractivity contribution is 5.86. The summed E-state index contributed by atoms with van der Waals surface area (Å²) < 4.78 is 65.2. The first-order valence-corrected chi connectivity index (χ1v) is 5.38. The molecular formula is C11H6F5N3O2. The molecule has 1 N–H and O–H groups in total. The molecule has 0 atom stereocenters. The lowest BCUT2D eigenvalue weighted by atomic mass is 10.2. The van der Waals surface area contributed by atoms with Crippen LogP contribution in [0.1, 0.15) is 21.7 Å². The van der Waals surface area contributed by atoms with Crippen LogP contribution in [0.3, 0.4) is 0 Å². The summed E-state index contributed by atoms with van der Waals surface area (Å²) in [5, 5.41) is 14.6. The Morgan fingerprint density at radius 1 is 1.29 bits per heavy atom. The molecule has 10 heteroatoms. The smallest absolute Gasteiger partial charge is 0.435 e. The van der Waals surface area contributed by atoms with Gasteiger partial charge in [-0.1, -0.05) is 17.3 Å². The van der Waals surface area contributed by atoms with E-state index in [1.807, 2.05) is 0 Å². The number of halogens is 5. The first-order valence-electron chi connectivity index (χ1n) is 5.38. The van der Waals surface area contributed by atoms with Gasteiger partial charge >= 0.3 is 12.1 Å². The minimum atomic E-state index is -5.05. The third-order valence-corrected chi connectivity index (χ3v) is 2.56. The Labute approximate surface area is 113 Å². The fourth-order valence-corrected chi connectivity index (χ4v) is 1.68. The van der Waals surface area contributed by atoms with Gasteiger partial charge in [0.2, 0.25) is 5.69 Å². The van der Waals surface area contributed by atoms with Crippen molar-refractivity contribution in [2.24, 2.45) is 0 Å². The highest BCUT2D eigenvalue weighted by Crippen LogP contribution is 2.31. The summed E-state index contributed by atoms with van der Waals surface area (Å²) in [4.78, 5) is 10.7. The number of carboxylic acid groups (broad SMARTS) is 1. The quantitative estimate of drug-likeness (QED) is 0.884. The summed E-state index contributed by atoms with van der Waals surface area (Å²) in [6.45, 7) is -0.807. The van der Waals surface area contributed by atoms with Crippen molar-refractivity contribution in [3.63, 3.8) is 0 Å². The van der Waals surface area contributed by atoms with Gasteiger partial charge in [0.05, 0.1) is 6.54 Å². The van der Waals surface area contributed by atoms with Crippen LogP contribution >= 0.6 is 0 Å². The first kappa shape index (κ1) is 14.9. The number of rotatable bonds is 3. The maximum absolute atomic E-state index is 13.4. The molecule has 1 aromatic carbocycles. The molecule has 2 rings (SSSR count). The van der Waals surface area contributed by atoms with E-state index >= 15 is 0 Å². The fourth-order valence-electron chi connectivity index (χ4n) is 1.68. The molecule has 0 unspecified atom stereocenters. The van der Waals surface area contributed by atoms with Crippen molar-refractivity contribution in [1.29, 1.82) is 0 Å². The molecule has 0 aliphatic heterocycles. The summed E-state index contributed by atoms with van der Waals surface area (Å²) in [7, 11) is 0. The lowest BCUT2D eigenvalue weighted by molar-refractivity contribution is -0.144. The summed E-state index contributed by atoms with van der Waals surface area (Å²) >= 11 is 0. The summed E-state index contributed by atoms with van der Waals surface area (Å²) in [5.74, 6) is -4.49. The molecule has 2 aromatic rings. The number of carbonyl (C=O) groups is 1. The number of alkyl halides is 3. The van der Waals surface area contributed by atoms with Gasteiger partial charge in [0.25, 0.3) is 0 Å². The summed E-state index contributed by atoms with van der Waals surface area (Å²) in [6.07, 6.45) is -5.05. The molecule has 0 spiro atoms. The van der Waals surface area contributed by atoms with Gasteiger partial charge in [0.1, 0.15) is 0 Å². The van der Waals surface area contributed by atoms with E-state index in [9.17, 15) is 26.7 Å². The van der Waals surface area contributed by atoms with Crippen molar-refractivity contribution >= 4 is 5.97 Å². The standard InChI is InChI=1S/C11H6F5N3O2/c12-6-3-1-2-5(7(6)13)4-19-9(11(14,15)16)8(10(20)21)17-18-19/h1-3H,4H2,(H,20,21). The normalized spacial score (nSPS) is 11.7. The highest BCUT2D eigenvalue weighted by Gasteiger charge is 2.41. The molecule has 0 saturated heterocycles. The van der Waals surface area contributed by atoms with Gasteiger partial charge in [-0.15, -0.1) is 5.10 Å². The van der Waals surface area contributed by atoms with Gasteiger partial charge in [0.15, 0.2) is 17.3 Å². The van der Waals surface area contributed by atoms with Crippen molar-refractivity contribution < 1.29 is 31.9 Å². The Morgan fingerprint density at radius 3 is 2.52 bits per heavy atom. The van der Waals surface area contributed by atoms with E-state index in [1.165, 1.54) is 0 Å². The molecule has 0 fully saturated rings. The van der Waals surface area contributed by atoms with Gasteiger partial charge in [-0.2, -0.15) is 13.2 Å². The molecule has 0 aliphatic carbocycles. The van der Waals surface area contributed by atoms with Crippen LogP contribution in [0.5, 0.6) is 0 Å². The molecule has 1 aromatic heterocycles. The summed E-state index contributed by atoms with van der Waals surface area (Å²) in [5.41, 5.74) is -3.36. The van der Waals surface area contributed by atoms with Crippen molar-refractivity contribution in [2.45, 2.75) is 12.7 Å². The number of hydrogen-bond acceptors (Lipinski definition) is 3. The molecular weight excluding hydrogens is 301 g/mol. The van der Waals surface area contributed by atoms with Gasteiger partial charge in [-0.05, 0) is 6.07 Å². The van der Waals surface area contributed by atoms with Gasteiger partial charge in [-0.25, -0.2) is 18.3 Å². The Balaban J connectivity index is 2.50. The van der Waals surface area contributed by atoms with Crippen LogP contribution in [0, 0.1) is 11.6 Å². The Hall–Kier alpha value is -2.52. The monoisotopic (exact) mass is 307 g/mol. The second-order valence-corrected chi connectivity index (χ2v) is 3.96. The lowest BCUT2D eigenvalue weighted by Crippen LogP contribution is -2.19. The highest BCUT2D eigenvalue weighted by atomic mass is 19.4. The van der Waals surface area contributed by atoms with E-state index in [4.69, 9.17) is 5.11 Å². The molecule has 1 heterocycles. The van der Waals surface area contributed by atoms with Crippen LogP contribution in [0.15, 0.2) is 18.2 Å². The molecule has 5 nitrogen and oxygen atoms in total. The minimum absolute atomic E-state index is 0.168. The largest absolute Gasteiger partial charge is 0.476 e. The molecule has 0 aliphatic rings. The van der Waals surface area contributed by atoms with Crippen molar-refractivity contribution in [3.8, 4) is 0 Å². The molecule has 112 valence electrons. The number of aromatic carboxylic acids is 1. The second-order valence-electron chi connectivity index (χ2n) is 3.96. The second kappa shape index (κ2) is 5.11. The number of aromatic nitrogens is 3. The molecule has 21 heavy (non-hydrogen) atoms. The van der Waals surface area contributed by atoms with Gasteiger partial charge in [-0.3, -0.25) is 0 Å². The maximum atomic E-state index is 13.4. The van der Waals surface area contributed by atoms with Gasteiger partial charge in [0, 0.05) is 5.56 Å². The predicted octanol–water partition coefficient (Wildman–Crippen LogP) is 2.32. The number of benzene rings is 1. The lowest BCUT2D eigenvalue weighted by Gasteiger charge is -2.10. The number of carboxylic acids is 1. The molecule has 0 radical (unpaired) electrons. The van der Waals surface area contributed by atoms with E-state index < -0.39 is 47.3 Å². The average molecular weight is 307 g/mol. The topological polar surface area (TPSA) is 68.0 Å². The van der Waals surface area contributed by atoms with Crippen LogP contribution in [0.4, 0.5) is 22.0 Å².